The van der Waals surface area contributed by atoms with Crippen LogP contribution in [0.5, 0.6) is 0 Å². The molecule has 0 fully saturated rings. The fourth-order valence-corrected chi connectivity index (χ4v) is 2.28. The zero-order valence-corrected chi connectivity index (χ0v) is 14.5. The van der Waals surface area contributed by atoms with E-state index in [1.54, 1.807) is 30.1 Å². The van der Waals surface area contributed by atoms with Gasteiger partial charge in [-0.15, -0.1) is 0 Å². The van der Waals surface area contributed by atoms with Crippen molar-refractivity contribution in [2.24, 2.45) is 0 Å². The fourth-order valence-electron chi connectivity index (χ4n) is 1.64. The minimum Gasteiger partial charge on any atom is -0.468 e. The van der Waals surface area contributed by atoms with Gasteiger partial charge < -0.3 is 10.1 Å². The normalized spacial score (nSPS) is 9.91. The summed E-state index contributed by atoms with van der Waals surface area (Å²) in [4.78, 5) is 22.9. The molecular formula is C17H22N2O3S. The molecule has 0 bridgehead atoms. The van der Waals surface area contributed by atoms with Crippen molar-refractivity contribution in [1.82, 2.24) is 9.62 Å². The van der Waals surface area contributed by atoms with Crippen molar-refractivity contribution in [1.29, 1.82) is 0 Å². The number of hydrogen-bond acceptors (Lipinski definition) is 5. The molecule has 0 aliphatic heterocycles. The van der Waals surface area contributed by atoms with E-state index in [-0.39, 0.29) is 12.5 Å². The number of rotatable bonds is 7. The Bertz CT molecular complexity index is 591. The van der Waals surface area contributed by atoms with Crippen LogP contribution in [-0.4, -0.2) is 49.7 Å². The average Bonchev–Trinajstić information content (AvgIpc) is 2.55. The number of ether oxygens (including phenoxy) is 1. The van der Waals surface area contributed by atoms with Crippen LogP contribution >= 0.6 is 11.9 Å². The molecule has 0 aliphatic rings. The summed E-state index contributed by atoms with van der Waals surface area (Å²) in [5, 5.41) is 2.50. The monoisotopic (exact) mass is 334 g/mol. The zero-order valence-electron chi connectivity index (χ0n) is 13.7. The SMILES string of the molecule is COC(=O)CNC(=O)c1cccc(C#CCCCSN(C)C)c1. The lowest BCUT2D eigenvalue weighted by molar-refractivity contribution is -0.139. The van der Waals surface area contributed by atoms with Gasteiger partial charge in [0.25, 0.3) is 5.91 Å². The Balaban J connectivity index is 2.50. The smallest absolute Gasteiger partial charge is 0.325 e. The van der Waals surface area contributed by atoms with Crippen LogP contribution in [0.1, 0.15) is 28.8 Å². The van der Waals surface area contributed by atoms with Crippen LogP contribution < -0.4 is 5.32 Å². The first-order valence-electron chi connectivity index (χ1n) is 7.27. The maximum Gasteiger partial charge on any atom is 0.325 e. The van der Waals surface area contributed by atoms with E-state index < -0.39 is 5.97 Å². The molecule has 1 aromatic rings. The molecule has 5 nitrogen and oxygen atoms in total. The molecule has 0 heterocycles. The Morgan fingerprint density at radius 1 is 1.35 bits per heavy atom. The van der Waals surface area contributed by atoms with Crippen molar-refractivity contribution >= 4 is 23.8 Å². The summed E-state index contributed by atoms with van der Waals surface area (Å²) in [5.74, 6) is 6.41. The third-order valence-electron chi connectivity index (χ3n) is 2.77. The van der Waals surface area contributed by atoms with Crippen LogP contribution in [0.15, 0.2) is 24.3 Å². The third-order valence-corrected chi connectivity index (χ3v) is 3.76. The first-order chi connectivity index (χ1) is 11.0. The molecule has 0 spiro atoms. The lowest BCUT2D eigenvalue weighted by Crippen LogP contribution is -2.30. The van der Waals surface area contributed by atoms with Gasteiger partial charge in [0.1, 0.15) is 6.54 Å². The number of hydrogen-bond donors (Lipinski definition) is 1. The maximum atomic E-state index is 11.9. The summed E-state index contributed by atoms with van der Waals surface area (Å²) in [7, 11) is 5.32. The van der Waals surface area contributed by atoms with Crippen LogP contribution in [0.25, 0.3) is 0 Å². The number of nitrogens with one attached hydrogen (secondary N) is 1. The van der Waals surface area contributed by atoms with Crippen molar-refractivity contribution in [3.05, 3.63) is 35.4 Å². The molecule has 1 amide bonds. The lowest BCUT2D eigenvalue weighted by atomic mass is 10.1. The van der Waals surface area contributed by atoms with E-state index in [1.807, 2.05) is 20.2 Å². The second-order valence-electron chi connectivity index (χ2n) is 4.89. The number of esters is 1. The van der Waals surface area contributed by atoms with Crippen molar-refractivity contribution in [3.63, 3.8) is 0 Å². The minimum atomic E-state index is -0.482. The Morgan fingerprint density at radius 2 is 2.13 bits per heavy atom. The molecule has 0 aromatic heterocycles. The van der Waals surface area contributed by atoms with Crippen LogP contribution in [0.4, 0.5) is 0 Å². The second-order valence-corrected chi connectivity index (χ2v) is 6.29. The Kier molecular flexibility index (Phi) is 8.88. The van der Waals surface area contributed by atoms with Crippen molar-refractivity contribution < 1.29 is 14.3 Å². The van der Waals surface area contributed by atoms with Gasteiger partial charge in [-0.1, -0.05) is 29.9 Å². The minimum absolute atomic E-state index is 0.144. The van der Waals surface area contributed by atoms with Crippen LogP contribution in [0.3, 0.4) is 0 Å². The number of unbranched alkanes of at least 4 members (excludes halogenated alkanes) is 1. The van der Waals surface area contributed by atoms with Gasteiger partial charge in [-0.2, -0.15) is 0 Å². The molecular weight excluding hydrogens is 312 g/mol. The topological polar surface area (TPSA) is 58.6 Å². The summed E-state index contributed by atoms with van der Waals surface area (Å²) in [6.45, 7) is -0.144. The predicted octanol–water partition coefficient (Wildman–Crippen LogP) is 1.93. The number of nitrogens with zero attached hydrogens (tertiary/aromatic N) is 1. The summed E-state index contributed by atoms with van der Waals surface area (Å²) in [6.07, 6.45) is 1.84. The molecule has 0 saturated carbocycles. The van der Waals surface area contributed by atoms with Crippen molar-refractivity contribution in [2.45, 2.75) is 12.8 Å². The summed E-state index contributed by atoms with van der Waals surface area (Å²) < 4.78 is 6.55. The maximum absolute atomic E-state index is 11.9. The average molecular weight is 334 g/mol. The van der Waals surface area contributed by atoms with Gasteiger partial charge in [-0.3, -0.25) is 13.9 Å². The van der Waals surface area contributed by atoms with Crippen LogP contribution in [0.2, 0.25) is 0 Å². The highest BCUT2D eigenvalue weighted by Gasteiger charge is 2.07. The highest BCUT2D eigenvalue weighted by molar-refractivity contribution is 7.96. The Morgan fingerprint density at radius 3 is 2.83 bits per heavy atom. The molecule has 1 N–H and O–H groups in total. The molecule has 0 atom stereocenters. The summed E-state index contributed by atoms with van der Waals surface area (Å²) in [5.41, 5.74) is 1.26. The molecule has 0 radical (unpaired) electrons. The van der Waals surface area contributed by atoms with E-state index in [9.17, 15) is 9.59 Å². The number of amides is 1. The third kappa shape index (κ3) is 8.29. The molecule has 1 rings (SSSR count). The fraction of sp³-hybridized carbons (Fsp3) is 0.412. The number of methoxy groups -OCH3 is 1. The first kappa shape index (κ1) is 19.1. The quantitative estimate of drug-likeness (QED) is 0.357. The molecule has 23 heavy (non-hydrogen) atoms. The van der Waals surface area contributed by atoms with Crippen LogP contribution in [0, 0.1) is 11.8 Å². The standard InChI is InChI=1S/C17H22N2O3S/c1-19(2)23-11-6-4-5-8-14-9-7-10-15(12-14)17(21)18-13-16(20)22-3/h7,9-10,12H,4,6,11,13H2,1-3H3,(H,18,21). The zero-order chi connectivity index (χ0) is 17.1. The van der Waals surface area contributed by atoms with Crippen LogP contribution in [-0.2, 0) is 9.53 Å². The number of benzene rings is 1. The second kappa shape index (κ2) is 10.7. The van der Waals surface area contributed by atoms with Crippen molar-refractivity contribution in [2.75, 3.05) is 33.5 Å². The van der Waals surface area contributed by atoms with Gasteiger partial charge in [0, 0.05) is 23.3 Å². The lowest BCUT2D eigenvalue weighted by Gasteiger charge is -2.06. The van der Waals surface area contributed by atoms with E-state index in [1.165, 1.54) is 7.11 Å². The van der Waals surface area contributed by atoms with Gasteiger partial charge in [0.05, 0.1) is 7.11 Å². The van der Waals surface area contributed by atoms with Gasteiger partial charge in [0.2, 0.25) is 0 Å². The summed E-state index contributed by atoms with van der Waals surface area (Å²) in [6, 6.07) is 7.04. The largest absolute Gasteiger partial charge is 0.468 e. The Hall–Kier alpha value is -1.97. The Labute approximate surface area is 141 Å². The van der Waals surface area contributed by atoms with Gasteiger partial charge in [-0.05, 0) is 38.7 Å². The highest BCUT2D eigenvalue weighted by atomic mass is 32.2. The van der Waals surface area contributed by atoms with Gasteiger partial charge >= 0.3 is 5.97 Å². The predicted molar refractivity (Wildman–Crippen MR) is 93.0 cm³/mol. The first-order valence-corrected chi connectivity index (χ1v) is 8.21. The van der Waals surface area contributed by atoms with E-state index >= 15 is 0 Å². The van der Waals surface area contributed by atoms with Crippen molar-refractivity contribution in [3.8, 4) is 11.8 Å². The van der Waals surface area contributed by atoms with Gasteiger partial charge in [0.15, 0.2) is 0 Å². The number of carbonyl (C=O) groups excluding carboxylic acids is 2. The number of carbonyl (C=O) groups is 2. The molecule has 0 aliphatic carbocycles. The summed E-state index contributed by atoms with van der Waals surface area (Å²) >= 11 is 1.77. The molecule has 124 valence electrons. The molecule has 6 heteroatoms. The molecule has 0 saturated heterocycles. The van der Waals surface area contributed by atoms with E-state index in [4.69, 9.17) is 0 Å². The van der Waals surface area contributed by atoms with E-state index in [0.29, 0.717) is 5.56 Å². The molecule has 0 unspecified atom stereocenters. The highest BCUT2D eigenvalue weighted by Crippen LogP contribution is 2.07. The van der Waals surface area contributed by atoms with E-state index in [2.05, 4.69) is 26.2 Å². The molecule has 1 aromatic carbocycles. The van der Waals surface area contributed by atoms with E-state index in [0.717, 1.165) is 24.2 Å². The van der Waals surface area contributed by atoms with Gasteiger partial charge in [-0.25, -0.2) is 0 Å².